The first-order valence-electron chi connectivity index (χ1n) is 8.28. The van der Waals surface area contributed by atoms with E-state index in [1.807, 2.05) is 0 Å². The molecular weight excluding hydrogens is 376 g/mol. The SMILES string of the molecule is COc1ccc2cc(C(=O)NCc3ccc(F)cc3C(F)(F)F)c(C)nc2c1. The maximum Gasteiger partial charge on any atom is 0.416 e. The Bertz CT molecular complexity index is 1050. The molecule has 1 amide bonds. The summed E-state index contributed by atoms with van der Waals surface area (Å²) in [7, 11) is 1.53. The Labute approximate surface area is 158 Å². The number of pyridine rings is 1. The van der Waals surface area contributed by atoms with Crippen molar-refractivity contribution in [1.82, 2.24) is 10.3 Å². The Morgan fingerprint density at radius 1 is 1.14 bits per heavy atom. The van der Waals surface area contributed by atoms with E-state index in [0.717, 1.165) is 12.1 Å². The fourth-order valence-electron chi connectivity index (χ4n) is 2.84. The minimum atomic E-state index is -4.72. The van der Waals surface area contributed by atoms with Crippen molar-refractivity contribution in [2.24, 2.45) is 0 Å². The maximum atomic E-state index is 13.2. The number of carbonyl (C=O) groups excluding carboxylic acids is 1. The normalized spacial score (nSPS) is 11.5. The molecule has 1 aromatic heterocycles. The van der Waals surface area contributed by atoms with Crippen molar-refractivity contribution < 1.29 is 27.1 Å². The zero-order chi connectivity index (χ0) is 20.5. The van der Waals surface area contributed by atoms with E-state index in [2.05, 4.69) is 10.3 Å². The Morgan fingerprint density at radius 3 is 2.57 bits per heavy atom. The molecule has 2 aromatic carbocycles. The van der Waals surface area contributed by atoms with Crippen molar-refractivity contribution in [1.29, 1.82) is 0 Å². The van der Waals surface area contributed by atoms with Gasteiger partial charge in [-0.1, -0.05) is 6.07 Å². The molecule has 0 bridgehead atoms. The molecule has 8 heteroatoms. The maximum absolute atomic E-state index is 13.2. The molecule has 0 aliphatic rings. The quantitative estimate of drug-likeness (QED) is 0.658. The van der Waals surface area contributed by atoms with Gasteiger partial charge in [0.25, 0.3) is 5.91 Å². The Kier molecular flexibility index (Phi) is 5.22. The first-order valence-corrected chi connectivity index (χ1v) is 8.28. The van der Waals surface area contributed by atoms with Crippen LogP contribution in [0.4, 0.5) is 17.6 Å². The van der Waals surface area contributed by atoms with E-state index in [-0.39, 0.29) is 11.1 Å². The van der Waals surface area contributed by atoms with Crippen LogP contribution in [-0.4, -0.2) is 18.0 Å². The van der Waals surface area contributed by atoms with Crippen molar-refractivity contribution in [3.05, 3.63) is 70.7 Å². The van der Waals surface area contributed by atoms with Crippen LogP contribution >= 0.6 is 0 Å². The molecule has 0 radical (unpaired) electrons. The van der Waals surface area contributed by atoms with Gasteiger partial charge in [-0.15, -0.1) is 0 Å². The lowest BCUT2D eigenvalue weighted by Gasteiger charge is -2.14. The third-order valence-corrected chi connectivity index (χ3v) is 4.28. The van der Waals surface area contributed by atoms with E-state index >= 15 is 0 Å². The van der Waals surface area contributed by atoms with E-state index in [1.54, 1.807) is 31.2 Å². The number of carbonyl (C=O) groups is 1. The van der Waals surface area contributed by atoms with Crippen LogP contribution in [0.2, 0.25) is 0 Å². The van der Waals surface area contributed by atoms with Gasteiger partial charge in [0.15, 0.2) is 0 Å². The molecule has 0 unspecified atom stereocenters. The van der Waals surface area contributed by atoms with Crippen molar-refractivity contribution >= 4 is 16.8 Å². The number of alkyl halides is 3. The molecule has 0 spiro atoms. The number of fused-ring (bicyclic) bond motifs is 1. The van der Waals surface area contributed by atoms with E-state index in [0.29, 0.717) is 28.4 Å². The summed E-state index contributed by atoms with van der Waals surface area (Å²) in [5, 5.41) is 3.14. The van der Waals surface area contributed by atoms with Crippen LogP contribution in [0.3, 0.4) is 0 Å². The van der Waals surface area contributed by atoms with Crippen molar-refractivity contribution in [2.45, 2.75) is 19.6 Å². The number of halogens is 4. The van der Waals surface area contributed by atoms with E-state index in [1.165, 1.54) is 7.11 Å². The highest BCUT2D eigenvalue weighted by atomic mass is 19.4. The number of hydrogen-bond donors (Lipinski definition) is 1. The molecule has 28 heavy (non-hydrogen) atoms. The van der Waals surface area contributed by atoms with Crippen molar-refractivity contribution in [3.8, 4) is 5.75 Å². The highest BCUT2D eigenvalue weighted by Gasteiger charge is 2.33. The van der Waals surface area contributed by atoms with E-state index in [9.17, 15) is 22.4 Å². The van der Waals surface area contributed by atoms with Gasteiger partial charge in [-0.2, -0.15) is 13.2 Å². The minimum absolute atomic E-state index is 0.224. The molecule has 0 atom stereocenters. The third kappa shape index (κ3) is 4.05. The summed E-state index contributed by atoms with van der Waals surface area (Å²) >= 11 is 0. The van der Waals surface area contributed by atoms with E-state index < -0.39 is 30.0 Å². The summed E-state index contributed by atoms with van der Waals surface area (Å²) in [5.41, 5.74) is -0.0420. The first-order chi connectivity index (χ1) is 13.2. The summed E-state index contributed by atoms with van der Waals surface area (Å²) in [6, 6.07) is 9.13. The zero-order valence-electron chi connectivity index (χ0n) is 15.0. The van der Waals surface area contributed by atoms with Gasteiger partial charge in [-0.3, -0.25) is 9.78 Å². The van der Waals surface area contributed by atoms with Gasteiger partial charge in [-0.05, 0) is 42.8 Å². The Morgan fingerprint density at radius 2 is 1.89 bits per heavy atom. The monoisotopic (exact) mass is 392 g/mol. The minimum Gasteiger partial charge on any atom is -0.497 e. The van der Waals surface area contributed by atoms with Crippen LogP contribution in [0, 0.1) is 12.7 Å². The van der Waals surface area contributed by atoms with E-state index in [4.69, 9.17) is 4.74 Å². The molecule has 0 saturated carbocycles. The van der Waals surface area contributed by atoms with Gasteiger partial charge in [0, 0.05) is 18.0 Å². The molecule has 1 N–H and O–H groups in total. The third-order valence-electron chi connectivity index (χ3n) is 4.28. The van der Waals surface area contributed by atoms with Crippen LogP contribution < -0.4 is 10.1 Å². The van der Waals surface area contributed by atoms with Gasteiger partial charge >= 0.3 is 6.18 Å². The summed E-state index contributed by atoms with van der Waals surface area (Å²) in [5.74, 6) is -0.944. The number of benzene rings is 2. The topological polar surface area (TPSA) is 51.2 Å². The Balaban J connectivity index is 1.85. The molecule has 1 heterocycles. The summed E-state index contributed by atoms with van der Waals surface area (Å²) in [4.78, 5) is 16.9. The van der Waals surface area contributed by atoms with Gasteiger partial charge in [0.2, 0.25) is 0 Å². The summed E-state index contributed by atoms with van der Waals surface area (Å²) in [6.07, 6.45) is -4.72. The second kappa shape index (κ2) is 7.46. The lowest BCUT2D eigenvalue weighted by Crippen LogP contribution is -2.25. The van der Waals surface area contributed by atoms with Gasteiger partial charge < -0.3 is 10.1 Å². The molecular formula is C20H16F4N2O2. The number of rotatable bonds is 4. The number of methoxy groups -OCH3 is 1. The molecule has 146 valence electrons. The first kappa shape index (κ1) is 19.6. The molecule has 0 aliphatic heterocycles. The number of aryl methyl sites for hydroxylation is 1. The summed E-state index contributed by atoms with van der Waals surface area (Å²) < 4.78 is 57.6. The van der Waals surface area contributed by atoms with Crippen LogP contribution in [0.25, 0.3) is 10.9 Å². The highest BCUT2D eigenvalue weighted by molar-refractivity contribution is 5.98. The number of aromatic nitrogens is 1. The number of amides is 1. The van der Waals surface area contributed by atoms with Gasteiger partial charge in [0.05, 0.1) is 29.4 Å². The lowest BCUT2D eigenvalue weighted by atomic mass is 10.1. The molecule has 4 nitrogen and oxygen atoms in total. The average molecular weight is 392 g/mol. The summed E-state index contributed by atoms with van der Waals surface area (Å²) in [6.45, 7) is 1.24. The second-order valence-electron chi connectivity index (χ2n) is 6.16. The number of nitrogens with one attached hydrogen (secondary N) is 1. The molecule has 0 saturated heterocycles. The fourth-order valence-corrected chi connectivity index (χ4v) is 2.84. The van der Waals surface area contributed by atoms with Crippen LogP contribution in [0.5, 0.6) is 5.75 Å². The van der Waals surface area contributed by atoms with Gasteiger partial charge in [-0.25, -0.2) is 4.39 Å². The lowest BCUT2D eigenvalue weighted by molar-refractivity contribution is -0.138. The predicted octanol–water partition coefficient (Wildman–Crippen LogP) is 4.64. The Hall–Kier alpha value is -3.16. The average Bonchev–Trinajstić information content (AvgIpc) is 2.65. The number of nitrogens with zero attached hydrogens (tertiary/aromatic N) is 1. The molecule has 3 aromatic rings. The molecule has 0 aliphatic carbocycles. The van der Waals surface area contributed by atoms with Crippen LogP contribution in [-0.2, 0) is 12.7 Å². The number of hydrogen-bond acceptors (Lipinski definition) is 3. The largest absolute Gasteiger partial charge is 0.497 e. The predicted molar refractivity (Wildman–Crippen MR) is 95.6 cm³/mol. The number of ether oxygens (including phenoxy) is 1. The zero-order valence-corrected chi connectivity index (χ0v) is 15.0. The van der Waals surface area contributed by atoms with Crippen molar-refractivity contribution in [3.63, 3.8) is 0 Å². The molecule has 3 rings (SSSR count). The highest BCUT2D eigenvalue weighted by Crippen LogP contribution is 2.32. The van der Waals surface area contributed by atoms with Gasteiger partial charge in [0.1, 0.15) is 11.6 Å². The van der Waals surface area contributed by atoms with Crippen LogP contribution in [0.15, 0.2) is 42.5 Å². The van der Waals surface area contributed by atoms with Crippen LogP contribution in [0.1, 0.15) is 27.2 Å². The standard InChI is InChI=1S/C20H16F4N2O2/c1-11-16(7-12-4-6-15(28-2)9-18(12)26-11)19(27)25-10-13-3-5-14(21)8-17(13)20(22,23)24/h3-9H,10H2,1-2H3,(H,25,27). The second-order valence-corrected chi connectivity index (χ2v) is 6.16. The smallest absolute Gasteiger partial charge is 0.416 e. The molecule has 0 fully saturated rings. The fraction of sp³-hybridized carbons (Fsp3) is 0.200. The van der Waals surface area contributed by atoms with Crippen molar-refractivity contribution in [2.75, 3.05) is 7.11 Å².